The Balaban J connectivity index is 4.39. The van der Waals surface area contributed by atoms with Crippen molar-refractivity contribution in [1.82, 2.24) is 4.67 Å². The minimum Gasteiger partial charge on any atom is -0.256 e. The molecule has 11 heavy (non-hydrogen) atoms. The first-order valence-corrected chi connectivity index (χ1v) is 6.01. The molecule has 0 aromatic rings. The number of nitrogens with two attached hydrogens (primary N) is 3. The molecular weight excluding hydrogens is 190 g/mol. The van der Waals surface area contributed by atoms with Gasteiger partial charge in [0.05, 0.1) is 0 Å². The molecule has 0 aliphatic carbocycles. The SMILES string of the molecule is CN(C)P(N)(=O)OP(N)(N)=O. The van der Waals surface area contributed by atoms with E-state index in [1.807, 2.05) is 0 Å². The molecular formula is C2H12N4O3P2. The highest BCUT2D eigenvalue weighted by Crippen LogP contribution is 2.51. The zero-order valence-electron chi connectivity index (χ0n) is 6.30. The summed E-state index contributed by atoms with van der Waals surface area (Å²) in [4.78, 5) is 0. The molecule has 6 N–H and O–H groups in total. The van der Waals surface area contributed by atoms with Gasteiger partial charge in [0, 0.05) is 0 Å². The third-order valence-corrected chi connectivity index (χ3v) is 3.87. The van der Waals surface area contributed by atoms with Gasteiger partial charge >= 0.3 is 15.3 Å². The molecule has 0 bridgehead atoms. The molecule has 0 saturated carbocycles. The van der Waals surface area contributed by atoms with Crippen molar-refractivity contribution in [2.24, 2.45) is 16.5 Å². The van der Waals surface area contributed by atoms with Crippen LogP contribution in [0.5, 0.6) is 0 Å². The number of nitrogens with zero attached hydrogens (tertiary/aromatic N) is 1. The minimum absolute atomic E-state index is 1.07. The van der Waals surface area contributed by atoms with Gasteiger partial charge in [0.2, 0.25) is 0 Å². The summed E-state index contributed by atoms with van der Waals surface area (Å²) in [6.45, 7) is 0. The Bertz CT molecular complexity index is 221. The lowest BCUT2D eigenvalue weighted by atomic mass is 11.3. The summed E-state index contributed by atoms with van der Waals surface area (Å²) in [7, 11) is -4.54. The van der Waals surface area contributed by atoms with Crippen molar-refractivity contribution in [2.75, 3.05) is 14.1 Å². The Morgan fingerprint density at radius 3 is 1.64 bits per heavy atom. The second-order valence-corrected chi connectivity index (χ2v) is 6.01. The van der Waals surface area contributed by atoms with Crippen LogP contribution in [0.4, 0.5) is 0 Å². The monoisotopic (exact) mass is 202 g/mol. The zero-order valence-corrected chi connectivity index (χ0v) is 8.09. The highest BCUT2D eigenvalue weighted by molar-refractivity contribution is 7.67. The highest BCUT2D eigenvalue weighted by Gasteiger charge is 2.27. The van der Waals surface area contributed by atoms with Crippen molar-refractivity contribution in [2.45, 2.75) is 0 Å². The molecule has 1 atom stereocenters. The Morgan fingerprint density at radius 2 is 1.55 bits per heavy atom. The first-order chi connectivity index (χ1) is 4.65. The molecule has 1 unspecified atom stereocenters. The lowest BCUT2D eigenvalue weighted by Crippen LogP contribution is -2.19. The molecule has 0 rings (SSSR count). The van der Waals surface area contributed by atoms with E-state index in [4.69, 9.17) is 16.5 Å². The summed E-state index contributed by atoms with van der Waals surface area (Å²) in [5.74, 6) is 0. The molecule has 0 amide bonds. The normalized spacial score (nSPS) is 18.4. The van der Waals surface area contributed by atoms with E-state index in [1.165, 1.54) is 14.1 Å². The van der Waals surface area contributed by atoms with E-state index in [0.717, 1.165) is 4.67 Å². The molecule has 0 heterocycles. The Hall–Kier alpha value is 0.260. The molecule has 0 aliphatic rings. The summed E-state index contributed by atoms with van der Waals surface area (Å²) in [5.41, 5.74) is 14.7. The number of rotatable bonds is 3. The quantitative estimate of drug-likeness (QED) is 0.534. The molecule has 0 aromatic carbocycles. The van der Waals surface area contributed by atoms with Gasteiger partial charge in [-0.15, -0.1) is 0 Å². The Kier molecular flexibility index (Phi) is 3.41. The number of hydrogen-bond acceptors (Lipinski definition) is 3. The average molecular weight is 202 g/mol. The standard InChI is InChI=1S/C2H12N4O3P2/c1-6(2)11(5,8)9-10(3,4)7/h1-2H3,(H2,5,8)(H4,3,4,7). The summed E-state index contributed by atoms with van der Waals surface area (Å²) < 4.78 is 27.0. The van der Waals surface area contributed by atoms with Gasteiger partial charge in [-0.05, 0) is 14.1 Å². The van der Waals surface area contributed by atoms with Crippen LogP contribution in [0.25, 0.3) is 0 Å². The second-order valence-electron chi connectivity index (χ2n) is 2.14. The van der Waals surface area contributed by atoms with E-state index in [0.29, 0.717) is 0 Å². The molecule has 7 nitrogen and oxygen atoms in total. The van der Waals surface area contributed by atoms with E-state index in [9.17, 15) is 9.13 Å². The van der Waals surface area contributed by atoms with Crippen LogP contribution >= 0.6 is 15.3 Å². The fourth-order valence-electron chi connectivity index (χ4n) is 0.256. The van der Waals surface area contributed by atoms with Crippen LogP contribution in [-0.4, -0.2) is 18.8 Å². The fourth-order valence-corrected chi connectivity index (χ4v) is 2.30. The van der Waals surface area contributed by atoms with Gasteiger partial charge in [-0.3, -0.25) is 9.13 Å². The molecule has 0 aromatic heterocycles. The number of hydrogen-bond donors (Lipinski definition) is 3. The molecule has 9 heteroatoms. The summed E-state index contributed by atoms with van der Waals surface area (Å²) in [6.07, 6.45) is 0. The van der Waals surface area contributed by atoms with Gasteiger partial charge in [0.1, 0.15) is 0 Å². The topological polar surface area (TPSA) is 125 Å². The fraction of sp³-hybridized carbons (Fsp3) is 1.00. The molecule has 0 spiro atoms. The zero-order chi connectivity index (χ0) is 9.28. The van der Waals surface area contributed by atoms with Crippen molar-refractivity contribution in [3.8, 4) is 0 Å². The third-order valence-electron chi connectivity index (χ3n) is 0.802. The molecule has 68 valence electrons. The predicted molar refractivity (Wildman–Crippen MR) is 42.5 cm³/mol. The van der Waals surface area contributed by atoms with Crippen LogP contribution in [0.3, 0.4) is 0 Å². The molecule has 0 radical (unpaired) electrons. The summed E-state index contributed by atoms with van der Waals surface area (Å²) in [5, 5.41) is 0. The first kappa shape index (κ1) is 11.3. The van der Waals surface area contributed by atoms with Crippen LogP contribution in [0.2, 0.25) is 0 Å². The Morgan fingerprint density at radius 1 is 1.18 bits per heavy atom. The van der Waals surface area contributed by atoms with Crippen molar-refractivity contribution in [1.29, 1.82) is 0 Å². The summed E-state index contributed by atoms with van der Waals surface area (Å²) in [6, 6.07) is 0. The van der Waals surface area contributed by atoms with E-state index in [-0.39, 0.29) is 0 Å². The van der Waals surface area contributed by atoms with Crippen LogP contribution < -0.4 is 16.5 Å². The molecule has 0 fully saturated rings. The van der Waals surface area contributed by atoms with Crippen molar-refractivity contribution < 1.29 is 13.4 Å². The van der Waals surface area contributed by atoms with Crippen molar-refractivity contribution in [3.63, 3.8) is 0 Å². The van der Waals surface area contributed by atoms with Gasteiger partial charge in [-0.25, -0.2) is 25.5 Å². The van der Waals surface area contributed by atoms with Gasteiger partial charge in [-0.2, -0.15) is 0 Å². The van der Waals surface area contributed by atoms with Crippen molar-refractivity contribution in [3.05, 3.63) is 0 Å². The lowest BCUT2D eigenvalue weighted by Gasteiger charge is -2.20. The Labute approximate surface area is 65.0 Å². The van der Waals surface area contributed by atoms with Crippen LogP contribution in [-0.2, 0) is 13.4 Å². The smallest absolute Gasteiger partial charge is 0.256 e. The van der Waals surface area contributed by atoms with Gasteiger partial charge in [-0.1, -0.05) is 0 Å². The van der Waals surface area contributed by atoms with Crippen molar-refractivity contribution >= 4 is 15.3 Å². The van der Waals surface area contributed by atoms with Gasteiger partial charge < -0.3 is 0 Å². The van der Waals surface area contributed by atoms with Crippen LogP contribution in [0.15, 0.2) is 0 Å². The van der Waals surface area contributed by atoms with E-state index in [2.05, 4.69) is 4.31 Å². The van der Waals surface area contributed by atoms with E-state index < -0.39 is 15.3 Å². The first-order valence-electron chi connectivity index (χ1n) is 2.60. The predicted octanol–water partition coefficient (Wildman–Crippen LogP) is -0.343. The maximum atomic E-state index is 11.1. The largest absolute Gasteiger partial charge is 0.347 e. The summed E-state index contributed by atoms with van der Waals surface area (Å²) >= 11 is 0. The lowest BCUT2D eigenvalue weighted by molar-refractivity contribution is 0.408. The van der Waals surface area contributed by atoms with Crippen LogP contribution in [0, 0.1) is 0 Å². The highest BCUT2D eigenvalue weighted by atomic mass is 31.3. The average Bonchev–Trinajstić information content (AvgIpc) is 1.56. The van der Waals surface area contributed by atoms with E-state index >= 15 is 0 Å². The maximum absolute atomic E-state index is 11.1. The maximum Gasteiger partial charge on any atom is 0.347 e. The molecule has 0 aliphatic heterocycles. The van der Waals surface area contributed by atoms with Gasteiger partial charge in [0.15, 0.2) is 0 Å². The second kappa shape index (κ2) is 3.33. The minimum atomic E-state index is -3.77. The third kappa shape index (κ3) is 4.66. The van der Waals surface area contributed by atoms with Gasteiger partial charge in [0.25, 0.3) is 0 Å². The van der Waals surface area contributed by atoms with Crippen LogP contribution in [0.1, 0.15) is 0 Å². The van der Waals surface area contributed by atoms with E-state index in [1.54, 1.807) is 0 Å². The molecule has 0 saturated heterocycles.